The van der Waals surface area contributed by atoms with Gasteiger partial charge in [-0.05, 0) is 19.3 Å². The molecule has 8 heavy (non-hydrogen) atoms. The van der Waals surface area contributed by atoms with E-state index in [1.54, 1.807) is 0 Å². The van der Waals surface area contributed by atoms with Crippen LogP contribution in [0.15, 0.2) is 0 Å². The average molecular weight is 114 g/mol. The molecule has 0 aromatic heterocycles. The normalized spacial score (nSPS) is 40.9. The summed E-state index contributed by atoms with van der Waals surface area (Å²) in [5.41, 5.74) is -0.377. The molecular formula is C6H10O2. The second kappa shape index (κ2) is 1.25. The topological polar surface area (TPSA) is 29.5 Å². The van der Waals surface area contributed by atoms with Crippen molar-refractivity contribution < 1.29 is 9.84 Å². The fourth-order valence-corrected chi connectivity index (χ4v) is 1.11. The van der Waals surface area contributed by atoms with Gasteiger partial charge in [-0.15, -0.1) is 0 Å². The Hall–Kier alpha value is -0.0800. The first-order valence-corrected chi connectivity index (χ1v) is 3.15. The smallest absolute Gasteiger partial charge is 0.0911 e. The number of rotatable bonds is 1. The maximum atomic E-state index is 9.32. The Balaban J connectivity index is 1.95. The molecular weight excluding hydrogens is 104 g/mol. The monoisotopic (exact) mass is 114 g/mol. The van der Waals surface area contributed by atoms with Gasteiger partial charge in [0.2, 0.25) is 0 Å². The van der Waals surface area contributed by atoms with E-state index in [-0.39, 0.29) is 11.7 Å². The van der Waals surface area contributed by atoms with E-state index in [1.807, 2.05) is 0 Å². The molecule has 1 saturated carbocycles. The van der Waals surface area contributed by atoms with Crippen LogP contribution in [0, 0.1) is 0 Å². The van der Waals surface area contributed by atoms with Gasteiger partial charge in [0.05, 0.1) is 11.7 Å². The van der Waals surface area contributed by atoms with Crippen molar-refractivity contribution in [1.29, 1.82) is 0 Å². The van der Waals surface area contributed by atoms with Crippen molar-refractivity contribution in [3.05, 3.63) is 0 Å². The van der Waals surface area contributed by atoms with Crippen LogP contribution in [0.25, 0.3) is 0 Å². The first-order valence-electron chi connectivity index (χ1n) is 3.15. The molecule has 0 amide bonds. The molecule has 0 bridgehead atoms. The van der Waals surface area contributed by atoms with Gasteiger partial charge in [-0.1, -0.05) is 0 Å². The van der Waals surface area contributed by atoms with Gasteiger partial charge in [0.25, 0.3) is 0 Å². The molecule has 2 fully saturated rings. The standard InChI is InChI=1S/C6H10O2/c7-6(2-3-6)5-1-4-8-5/h5,7H,1-4H2. The quantitative estimate of drug-likeness (QED) is 0.531. The van der Waals surface area contributed by atoms with Crippen LogP contribution in [0.5, 0.6) is 0 Å². The molecule has 0 spiro atoms. The first-order chi connectivity index (χ1) is 3.81. The van der Waals surface area contributed by atoms with Crippen LogP contribution in [-0.4, -0.2) is 23.4 Å². The van der Waals surface area contributed by atoms with Crippen LogP contribution in [0.2, 0.25) is 0 Å². The molecule has 1 aliphatic carbocycles. The van der Waals surface area contributed by atoms with Crippen LogP contribution in [0.4, 0.5) is 0 Å². The summed E-state index contributed by atoms with van der Waals surface area (Å²) in [6, 6.07) is 0. The molecule has 1 unspecified atom stereocenters. The minimum absolute atomic E-state index is 0.197. The van der Waals surface area contributed by atoms with E-state index in [1.165, 1.54) is 0 Å². The van der Waals surface area contributed by atoms with E-state index in [9.17, 15) is 5.11 Å². The molecule has 1 heterocycles. The average Bonchev–Trinajstić information content (AvgIpc) is 2.12. The van der Waals surface area contributed by atoms with E-state index >= 15 is 0 Å². The molecule has 1 aliphatic heterocycles. The lowest BCUT2D eigenvalue weighted by Crippen LogP contribution is -2.39. The molecule has 2 aliphatic rings. The Morgan fingerprint density at radius 3 is 2.25 bits per heavy atom. The van der Waals surface area contributed by atoms with Gasteiger partial charge < -0.3 is 9.84 Å². The summed E-state index contributed by atoms with van der Waals surface area (Å²) < 4.78 is 5.11. The summed E-state index contributed by atoms with van der Waals surface area (Å²) in [6.45, 7) is 0.854. The molecule has 0 aromatic rings. The zero-order valence-corrected chi connectivity index (χ0v) is 4.76. The number of aliphatic hydroxyl groups is 1. The molecule has 0 aromatic carbocycles. The van der Waals surface area contributed by atoms with Crippen molar-refractivity contribution in [2.24, 2.45) is 0 Å². The second-order valence-electron chi connectivity index (χ2n) is 2.75. The minimum atomic E-state index is -0.377. The predicted molar refractivity (Wildman–Crippen MR) is 28.5 cm³/mol. The van der Waals surface area contributed by atoms with Crippen molar-refractivity contribution in [3.63, 3.8) is 0 Å². The Kier molecular flexibility index (Phi) is 0.746. The molecule has 1 saturated heterocycles. The van der Waals surface area contributed by atoms with Crippen LogP contribution >= 0.6 is 0 Å². The summed E-state index contributed by atoms with van der Waals surface area (Å²) in [5, 5.41) is 9.32. The summed E-state index contributed by atoms with van der Waals surface area (Å²) in [4.78, 5) is 0. The highest BCUT2D eigenvalue weighted by Crippen LogP contribution is 2.43. The zero-order valence-electron chi connectivity index (χ0n) is 4.76. The van der Waals surface area contributed by atoms with Gasteiger partial charge >= 0.3 is 0 Å². The molecule has 2 heteroatoms. The van der Waals surface area contributed by atoms with E-state index in [2.05, 4.69) is 0 Å². The Morgan fingerprint density at radius 2 is 2.12 bits per heavy atom. The van der Waals surface area contributed by atoms with Gasteiger partial charge in [-0.2, -0.15) is 0 Å². The lowest BCUT2D eigenvalue weighted by molar-refractivity contribution is -0.128. The zero-order chi connectivity index (χ0) is 5.61. The van der Waals surface area contributed by atoms with E-state index in [0.717, 1.165) is 25.9 Å². The van der Waals surface area contributed by atoms with Gasteiger partial charge in [-0.3, -0.25) is 0 Å². The second-order valence-corrected chi connectivity index (χ2v) is 2.75. The van der Waals surface area contributed by atoms with E-state index < -0.39 is 0 Å². The summed E-state index contributed by atoms with van der Waals surface area (Å²) >= 11 is 0. The fourth-order valence-electron chi connectivity index (χ4n) is 1.11. The largest absolute Gasteiger partial charge is 0.387 e. The number of ether oxygens (including phenoxy) is 1. The Labute approximate surface area is 48.5 Å². The van der Waals surface area contributed by atoms with Gasteiger partial charge in [0.15, 0.2) is 0 Å². The first kappa shape index (κ1) is 4.77. The molecule has 2 nitrogen and oxygen atoms in total. The highest BCUT2D eigenvalue weighted by Gasteiger charge is 2.50. The van der Waals surface area contributed by atoms with Crippen molar-refractivity contribution in [3.8, 4) is 0 Å². The van der Waals surface area contributed by atoms with Crippen LogP contribution in [-0.2, 0) is 4.74 Å². The van der Waals surface area contributed by atoms with Crippen molar-refractivity contribution in [2.75, 3.05) is 6.61 Å². The summed E-state index contributed by atoms with van der Waals surface area (Å²) in [7, 11) is 0. The van der Waals surface area contributed by atoms with Crippen molar-refractivity contribution >= 4 is 0 Å². The third-order valence-corrected chi connectivity index (χ3v) is 2.06. The molecule has 2 rings (SSSR count). The summed E-state index contributed by atoms with van der Waals surface area (Å²) in [6.07, 6.45) is 3.17. The number of hydrogen-bond acceptors (Lipinski definition) is 2. The lowest BCUT2D eigenvalue weighted by Gasteiger charge is -2.30. The van der Waals surface area contributed by atoms with Gasteiger partial charge in [0.1, 0.15) is 0 Å². The van der Waals surface area contributed by atoms with Crippen LogP contribution in [0.1, 0.15) is 19.3 Å². The molecule has 0 radical (unpaired) electrons. The maximum Gasteiger partial charge on any atom is 0.0911 e. The fraction of sp³-hybridized carbons (Fsp3) is 1.00. The van der Waals surface area contributed by atoms with E-state index in [4.69, 9.17) is 4.74 Å². The van der Waals surface area contributed by atoms with E-state index in [0.29, 0.717) is 0 Å². The molecule has 1 atom stereocenters. The van der Waals surface area contributed by atoms with Gasteiger partial charge in [-0.25, -0.2) is 0 Å². The third kappa shape index (κ3) is 0.501. The van der Waals surface area contributed by atoms with Gasteiger partial charge in [0, 0.05) is 6.61 Å². The number of hydrogen-bond donors (Lipinski definition) is 1. The third-order valence-electron chi connectivity index (χ3n) is 2.06. The van der Waals surface area contributed by atoms with Crippen LogP contribution < -0.4 is 0 Å². The lowest BCUT2D eigenvalue weighted by atomic mass is 10.1. The predicted octanol–water partition coefficient (Wildman–Crippen LogP) is 0.300. The summed E-state index contributed by atoms with van der Waals surface area (Å²) in [5.74, 6) is 0. The van der Waals surface area contributed by atoms with Crippen molar-refractivity contribution in [2.45, 2.75) is 31.0 Å². The highest BCUT2D eigenvalue weighted by atomic mass is 16.5. The van der Waals surface area contributed by atoms with Crippen LogP contribution in [0.3, 0.4) is 0 Å². The minimum Gasteiger partial charge on any atom is -0.387 e. The highest BCUT2D eigenvalue weighted by molar-refractivity contribution is 5.02. The van der Waals surface area contributed by atoms with Crippen molar-refractivity contribution in [1.82, 2.24) is 0 Å². The SMILES string of the molecule is OC1(C2CCO2)CC1. The molecule has 1 N–H and O–H groups in total. The Bertz CT molecular complexity index is 103. The molecule has 46 valence electrons. The Morgan fingerprint density at radius 1 is 1.50 bits per heavy atom. The maximum absolute atomic E-state index is 9.32.